The molecule has 0 unspecified atom stereocenters. The van der Waals surface area contributed by atoms with Gasteiger partial charge in [0.05, 0.1) is 39.6 Å². The first-order valence-corrected chi connectivity index (χ1v) is 21.7. The third kappa shape index (κ3) is 13.0. The second kappa shape index (κ2) is 24.6. The van der Waals surface area contributed by atoms with Gasteiger partial charge in [0.15, 0.2) is 0 Å². The Morgan fingerprint density at radius 2 is 0.774 bits per heavy atom. The van der Waals surface area contributed by atoms with E-state index in [-0.39, 0.29) is 0 Å². The van der Waals surface area contributed by atoms with E-state index < -0.39 is 16.3 Å². The first-order chi connectivity index (χ1) is 25.9. The minimum absolute atomic E-state index is 0.451. The van der Waals surface area contributed by atoms with E-state index in [1.807, 2.05) is 54.6 Å². The summed E-state index contributed by atoms with van der Waals surface area (Å²) in [6.07, 6.45) is 11.0. The maximum absolute atomic E-state index is 13.7. The molecule has 0 aliphatic heterocycles. The summed E-state index contributed by atoms with van der Waals surface area (Å²) < 4.78 is 46.5. The standard InChI is InChI=1S/C44H66O8S/c1-8-14-25-46-36-31-39(48-27-16-10-3)43(40(32-36)49-28-17-11-4)53(52-35(7)45,38-23-21-20-22-24-38)44-41(50-29-18-12-5)33-37(47-26-15-9-2)34-42(44)51-30-19-13-6/h20-24,31-34H,8-19,25-30H2,1-7H3. The van der Waals surface area contributed by atoms with Crippen LogP contribution < -0.4 is 28.4 Å². The maximum atomic E-state index is 13.7. The number of carbonyl (C=O) groups excluding carboxylic acids is 1. The maximum Gasteiger partial charge on any atom is 0.313 e. The average Bonchev–Trinajstić information content (AvgIpc) is 3.15. The summed E-state index contributed by atoms with van der Waals surface area (Å²) >= 11 is 0. The zero-order chi connectivity index (χ0) is 38.3. The Bertz CT molecular complexity index is 1330. The third-order valence-electron chi connectivity index (χ3n) is 8.44. The summed E-state index contributed by atoms with van der Waals surface area (Å²) in [5, 5.41) is 0. The van der Waals surface area contributed by atoms with Gasteiger partial charge in [0.1, 0.15) is 44.3 Å². The van der Waals surface area contributed by atoms with E-state index in [0.717, 1.165) is 81.9 Å². The van der Waals surface area contributed by atoms with Crippen molar-refractivity contribution >= 4 is 16.3 Å². The van der Waals surface area contributed by atoms with Gasteiger partial charge in [-0.2, -0.15) is 0 Å². The number of benzene rings is 3. The van der Waals surface area contributed by atoms with Crippen LogP contribution in [0.1, 0.15) is 126 Å². The van der Waals surface area contributed by atoms with Crippen molar-refractivity contribution in [1.82, 2.24) is 0 Å². The van der Waals surface area contributed by atoms with Crippen LogP contribution in [0.3, 0.4) is 0 Å². The summed E-state index contributed by atoms with van der Waals surface area (Å²) in [7, 11) is -3.05. The van der Waals surface area contributed by atoms with E-state index >= 15 is 0 Å². The highest BCUT2D eigenvalue weighted by Crippen LogP contribution is 2.77. The van der Waals surface area contributed by atoms with Gasteiger partial charge in [0.25, 0.3) is 0 Å². The van der Waals surface area contributed by atoms with Crippen molar-refractivity contribution in [3.8, 4) is 34.5 Å². The molecular formula is C44H66O8S. The molecule has 8 nitrogen and oxygen atoms in total. The number of hydrogen-bond donors (Lipinski definition) is 0. The number of ether oxygens (including phenoxy) is 6. The van der Waals surface area contributed by atoms with Crippen LogP contribution in [-0.2, 0) is 8.98 Å². The van der Waals surface area contributed by atoms with E-state index in [9.17, 15) is 4.79 Å². The Morgan fingerprint density at radius 3 is 1.06 bits per heavy atom. The number of hydrogen-bond acceptors (Lipinski definition) is 8. The monoisotopic (exact) mass is 754 g/mol. The lowest BCUT2D eigenvalue weighted by Gasteiger charge is -2.42. The van der Waals surface area contributed by atoms with Crippen molar-refractivity contribution in [3.63, 3.8) is 0 Å². The number of rotatable bonds is 28. The third-order valence-corrected chi connectivity index (χ3v) is 11.8. The zero-order valence-corrected chi connectivity index (χ0v) is 34.4. The summed E-state index contributed by atoms with van der Waals surface area (Å²) in [6, 6.07) is 17.6. The molecule has 0 spiro atoms. The predicted molar refractivity (Wildman–Crippen MR) is 216 cm³/mol. The molecule has 3 aromatic rings. The molecule has 0 aromatic heterocycles. The molecule has 3 rings (SSSR count). The van der Waals surface area contributed by atoms with Crippen LogP contribution in [0.2, 0.25) is 0 Å². The van der Waals surface area contributed by atoms with Crippen molar-refractivity contribution in [1.29, 1.82) is 0 Å². The van der Waals surface area contributed by atoms with E-state index in [0.29, 0.717) is 83.9 Å². The van der Waals surface area contributed by atoms with Crippen LogP contribution in [0.5, 0.6) is 34.5 Å². The lowest BCUT2D eigenvalue weighted by molar-refractivity contribution is -0.131. The number of unbranched alkanes of at least 4 members (excludes halogenated alkanes) is 6. The molecule has 3 aromatic carbocycles. The van der Waals surface area contributed by atoms with Crippen LogP contribution in [0.25, 0.3) is 0 Å². The summed E-state index contributed by atoms with van der Waals surface area (Å²) in [5.41, 5.74) is 0. The van der Waals surface area contributed by atoms with Crippen LogP contribution in [0.15, 0.2) is 69.3 Å². The molecule has 0 saturated carbocycles. The first-order valence-electron chi connectivity index (χ1n) is 20.1. The van der Waals surface area contributed by atoms with E-state index in [1.54, 1.807) is 0 Å². The summed E-state index contributed by atoms with van der Waals surface area (Å²) in [5.74, 6) is 3.00. The number of carbonyl (C=O) groups is 1. The van der Waals surface area contributed by atoms with E-state index in [2.05, 4.69) is 41.5 Å². The van der Waals surface area contributed by atoms with Crippen molar-refractivity contribution < 1.29 is 37.4 Å². The lowest BCUT2D eigenvalue weighted by atomic mass is 10.2. The van der Waals surface area contributed by atoms with Gasteiger partial charge in [-0.3, -0.25) is 4.79 Å². The van der Waals surface area contributed by atoms with Gasteiger partial charge < -0.3 is 32.6 Å². The Labute approximate surface area is 321 Å². The molecular weight excluding hydrogens is 689 g/mol. The quantitative estimate of drug-likeness (QED) is 0.0678. The van der Waals surface area contributed by atoms with Crippen molar-refractivity contribution in [2.45, 2.75) is 140 Å². The minimum Gasteiger partial charge on any atom is -0.493 e. The average molecular weight is 755 g/mol. The van der Waals surface area contributed by atoms with Crippen molar-refractivity contribution in [3.05, 3.63) is 54.6 Å². The van der Waals surface area contributed by atoms with Gasteiger partial charge in [-0.1, -0.05) is 98.3 Å². The topological polar surface area (TPSA) is 81.7 Å². The lowest BCUT2D eigenvalue weighted by Crippen LogP contribution is -2.17. The zero-order valence-electron chi connectivity index (χ0n) is 33.6. The van der Waals surface area contributed by atoms with Crippen molar-refractivity contribution in [2.75, 3.05) is 39.6 Å². The normalized spacial score (nSPS) is 11.5. The fraction of sp³-hybridized carbons (Fsp3) is 0.568. The SMILES string of the molecule is CCCCOc1cc(OCCCC)c(S(OC(C)=O)(c2ccccc2)c2c(OCCCC)cc(OCCCC)cc2OCCCC)c(OCCCC)c1. The highest BCUT2D eigenvalue weighted by molar-refractivity contribution is 8.30. The molecule has 0 radical (unpaired) electrons. The van der Waals surface area contributed by atoms with Crippen LogP contribution in [0, 0.1) is 0 Å². The van der Waals surface area contributed by atoms with Gasteiger partial charge in [0.2, 0.25) is 0 Å². The molecule has 9 heteroatoms. The van der Waals surface area contributed by atoms with Gasteiger partial charge in [-0.05, 0) is 50.7 Å². The second-order valence-electron chi connectivity index (χ2n) is 13.2. The first kappa shape index (κ1) is 43.7. The van der Waals surface area contributed by atoms with Gasteiger partial charge in [-0.15, -0.1) is 0 Å². The summed E-state index contributed by atoms with van der Waals surface area (Å²) in [6.45, 7) is 17.3. The fourth-order valence-electron chi connectivity index (χ4n) is 5.50. The molecule has 296 valence electrons. The molecule has 0 N–H and O–H groups in total. The van der Waals surface area contributed by atoms with Gasteiger partial charge in [0, 0.05) is 46.4 Å². The largest absolute Gasteiger partial charge is 0.493 e. The molecule has 0 heterocycles. The summed E-state index contributed by atoms with van der Waals surface area (Å²) in [4.78, 5) is 15.8. The highest BCUT2D eigenvalue weighted by Gasteiger charge is 2.45. The fourth-order valence-corrected chi connectivity index (χ4v) is 8.93. The van der Waals surface area contributed by atoms with Crippen LogP contribution in [0.4, 0.5) is 0 Å². The van der Waals surface area contributed by atoms with Crippen LogP contribution >= 0.6 is 10.3 Å². The Hall–Kier alpha value is -3.72. The van der Waals surface area contributed by atoms with Gasteiger partial charge in [-0.25, -0.2) is 0 Å². The van der Waals surface area contributed by atoms with Crippen molar-refractivity contribution in [2.24, 2.45) is 0 Å². The highest BCUT2D eigenvalue weighted by atomic mass is 32.3. The molecule has 0 fully saturated rings. The Balaban J connectivity index is 2.60. The van der Waals surface area contributed by atoms with Crippen LogP contribution in [-0.4, -0.2) is 45.6 Å². The minimum atomic E-state index is -3.05. The second-order valence-corrected chi connectivity index (χ2v) is 15.7. The molecule has 53 heavy (non-hydrogen) atoms. The molecule has 0 aliphatic carbocycles. The van der Waals surface area contributed by atoms with E-state index in [1.165, 1.54) is 6.92 Å². The molecule has 0 bridgehead atoms. The van der Waals surface area contributed by atoms with Gasteiger partial charge >= 0.3 is 5.97 Å². The Kier molecular flexibility index (Phi) is 20.2. The molecule has 0 atom stereocenters. The smallest absolute Gasteiger partial charge is 0.313 e. The molecule has 0 saturated heterocycles. The molecule has 0 amide bonds. The predicted octanol–water partition coefficient (Wildman–Crippen LogP) is 12.5. The molecule has 0 aliphatic rings. The van der Waals surface area contributed by atoms with E-state index in [4.69, 9.17) is 32.6 Å². The Morgan fingerprint density at radius 1 is 0.472 bits per heavy atom.